The van der Waals surface area contributed by atoms with Crippen LogP contribution in [0.5, 0.6) is 0 Å². The molecular weight excluding hydrogens is 352 g/mol. The lowest BCUT2D eigenvalue weighted by molar-refractivity contribution is 0.0935. The lowest BCUT2D eigenvalue weighted by atomic mass is 10.1. The topological polar surface area (TPSA) is 66.7 Å². The van der Waals surface area contributed by atoms with Crippen LogP contribution >= 0.6 is 0 Å². The van der Waals surface area contributed by atoms with Crippen molar-refractivity contribution in [1.29, 1.82) is 0 Å². The van der Waals surface area contributed by atoms with E-state index < -0.39 is 0 Å². The number of aromatic nitrogens is 2. The molecule has 0 fully saturated rings. The van der Waals surface area contributed by atoms with Gasteiger partial charge in [-0.1, -0.05) is 30.3 Å². The van der Waals surface area contributed by atoms with Crippen molar-refractivity contribution in [1.82, 2.24) is 19.6 Å². The number of nitrogens with zero attached hydrogens (tertiary/aromatic N) is 3. The van der Waals surface area contributed by atoms with Crippen molar-refractivity contribution in [2.75, 3.05) is 20.6 Å². The minimum atomic E-state index is -0.237. The number of hydrogen-bond acceptors (Lipinski definition) is 4. The second kappa shape index (κ2) is 7.05. The van der Waals surface area contributed by atoms with Crippen molar-refractivity contribution in [3.63, 3.8) is 0 Å². The number of carbonyl (C=O) groups is 1. The van der Waals surface area contributed by atoms with Gasteiger partial charge in [0.1, 0.15) is 0 Å². The highest BCUT2D eigenvalue weighted by Gasteiger charge is 2.17. The Labute approximate surface area is 162 Å². The lowest BCUT2D eigenvalue weighted by Gasteiger charge is -2.18. The molecule has 0 aliphatic heterocycles. The number of fused-ring (bicyclic) bond motifs is 4. The second-order valence-electron chi connectivity index (χ2n) is 7.35. The number of hydrogen-bond donors (Lipinski definition) is 1. The fraction of sp³-hybridized carbons (Fsp3) is 0.227. The second-order valence-corrected chi connectivity index (χ2v) is 7.35. The third-order valence-electron chi connectivity index (χ3n) is 4.80. The minimum Gasteiger partial charge on any atom is -0.348 e. The molecular formula is C22H22N4O2. The number of pyridine rings is 1. The van der Waals surface area contributed by atoms with Crippen molar-refractivity contribution in [2.24, 2.45) is 0 Å². The lowest BCUT2D eigenvalue weighted by Crippen LogP contribution is -2.39. The molecule has 0 saturated heterocycles. The maximum Gasteiger partial charge on any atom is 0.265 e. The highest BCUT2D eigenvalue weighted by molar-refractivity contribution is 6.07. The molecule has 0 bridgehead atoms. The fourth-order valence-electron chi connectivity index (χ4n) is 3.63. The SMILES string of the molecule is CC(CN(C)C)NC(=O)c1cccn2c(=O)c3ccc4ccccc4c3nc12. The quantitative estimate of drug-likeness (QED) is 0.441. The normalized spacial score (nSPS) is 12.7. The number of likely N-dealkylation sites (N-methyl/N-ethyl adjacent to an activating group) is 1. The maximum absolute atomic E-state index is 13.1. The van der Waals surface area contributed by atoms with Gasteiger partial charge in [0.2, 0.25) is 0 Å². The molecule has 1 atom stereocenters. The number of benzene rings is 2. The van der Waals surface area contributed by atoms with Crippen molar-refractivity contribution in [3.05, 3.63) is 70.6 Å². The zero-order valence-electron chi connectivity index (χ0n) is 16.1. The summed E-state index contributed by atoms with van der Waals surface area (Å²) in [6.45, 7) is 2.67. The zero-order valence-corrected chi connectivity index (χ0v) is 16.1. The molecule has 6 heteroatoms. The molecule has 0 spiro atoms. The molecule has 1 N–H and O–H groups in total. The predicted octanol–water partition coefficient (Wildman–Crippen LogP) is 2.68. The first kappa shape index (κ1) is 18.1. The molecule has 142 valence electrons. The largest absolute Gasteiger partial charge is 0.348 e. The first-order chi connectivity index (χ1) is 13.5. The Balaban J connectivity index is 1.92. The summed E-state index contributed by atoms with van der Waals surface area (Å²) in [6.07, 6.45) is 1.65. The summed E-state index contributed by atoms with van der Waals surface area (Å²) in [5.74, 6) is -0.237. The van der Waals surface area contributed by atoms with Gasteiger partial charge in [0.05, 0.1) is 16.5 Å². The summed E-state index contributed by atoms with van der Waals surface area (Å²) in [5.41, 5.74) is 1.19. The van der Waals surface area contributed by atoms with Gasteiger partial charge >= 0.3 is 0 Å². The van der Waals surface area contributed by atoms with Gasteiger partial charge in [-0.25, -0.2) is 4.98 Å². The molecule has 28 heavy (non-hydrogen) atoms. The van der Waals surface area contributed by atoms with E-state index in [4.69, 9.17) is 4.98 Å². The molecule has 4 rings (SSSR count). The number of rotatable bonds is 4. The first-order valence-electron chi connectivity index (χ1n) is 9.24. The van der Waals surface area contributed by atoms with Gasteiger partial charge < -0.3 is 10.2 Å². The summed E-state index contributed by atoms with van der Waals surface area (Å²) in [5, 5.41) is 5.43. The third-order valence-corrected chi connectivity index (χ3v) is 4.80. The van der Waals surface area contributed by atoms with Crippen LogP contribution in [0.1, 0.15) is 17.3 Å². The van der Waals surface area contributed by atoms with Crippen LogP contribution in [0.4, 0.5) is 0 Å². The summed E-state index contributed by atoms with van der Waals surface area (Å²) in [6, 6.07) is 14.9. The van der Waals surface area contributed by atoms with Crippen LogP contribution in [0.15, 0.2) is 59.5 Å². The molecule has 1 unspecified atom stereocenters. The van der Waals surface area contributed by atoms with Crippen LogP contribution in [-0.2, 0) is 0 Å². The Morgan fingerprint density at radius 2 is 1.89 bits per heavy atom. The zero-order chi connectivity index (χ0) is 19.8. The molecule has 1 amide bonds. The minimum absolute atomic E-state index is 0.0317. The molecule has 4 aromatic rings. The molecule has 2 aromatic carbocycles. The summed E-state index contributed by atoms with van der Waals surface area (Å²) < 4.78 is 1.45. The highest BCUT2D eigenvalue weighted by atomic mass is 16.2. The van der Waals surface area contributed by atoms with Crippen molar-refractivity contribution >= 4 is 33.2 Å². The van der Waals surface area contributed by atoms with Crippen LogP contribution in [0, 0.1) is 0 Å². The van der Waals surface area contributed by atoms with Crippen LogP contribution < -0.4 is 10.9 Å². The average molecular weight is 374 g/mol. The summed E-state index contributed by atoms with van der Waals surface area (Å²) >= 11 is 0. The Hall–Kier alpha value is -3.25. The molecule has 0 radical (unpaired) electrons. The molecule has 6 nitrogen and oxygen atoms in total. The van der Waals surface area contributed by atoms with E-state index in [1.807, 2.05) is 56.3 Å². The smallest absolute Gasteiger partial charge is 0.265 e. The van der Waals surface area contributed by atoms with Crippen LogP contribution in [0.25, 0.3) is 27.3 Å². The summed E-state index contributed by atoms with van der Waals surface area (Å²) in [4.78, 5) is 32.7. The van der Waals surface area contributed by atoms with Gasteiger partial charge in [0.15, 0.2) is 5.65 Å². The van der Waals surface area contributed by atoms with E-state index in [1.54, 1.807) is 24.4 Å². The Morgan fingerprint density at radius 1 is 1.11 bits per heavy atom. The van der Waals surface area contributed by atoms with E-state index in [2.05, 4.69) is 5.32 Å². The van der Waals surface area contributed by atoms with Gasteiger partial charge in [-0.05, 0) is 44.6 Å². The van der Waals surface area contributed by atoms with Crippen molar-refractivity contribution in [3.8, 4) is 0 Å². The van der Waals surface area contributed by atoms with E-state index >= 15 is 0 Å². The molecule has 2 aromatic heterocycles. The Morgan fingerprint density at radius 3 is 2.68 bits per heavy atom. The Bertz CT molecular complexity index is 1260. The molecule has 0 aliphatic rings. The van der Waals surface area contributed by atoms with Crippen molar-refractivity contribution in [2.45, 2.75) is 13.0 Å². The van der Waals surface area contributed by atoms with E-state index in [1.165, 1.54) is 4.40 Å². The van der Waals surface area contributed by atoms with E-state index in [0.29, 0.717) is 22.1 Å². The molecule has 2 heterocycles. The van der Waals surface area contributed by atoms with Crippen molar-refractivity contribution < 1.29 is 4.79 Å². The monoisotopic (exact) mass is 374 g/mol. The predicted molar refractivity (Wildman–Crippen MR) is 112 cm³/mol. The summed E-state index contributed by atoms with van der Waals surface area (Å²) in [7, 11) is 3.91. The van der Waals surface area contributed by atoms with Crippen LogP contribution in [0.3, 0.4) is 0 Å². The number of carbonyl (C=O) groups excluding carboxylic acids is 1. The van der Waals surface area contributed by atoms with Crippen LogP contribution in [-0.4, -0.2) is 46.9 Å². The van der Waals surface area contributed by atoms with E-state index in [-0.39, 0.29) is 17.5 Å². The van der Waals surface area contributed by atoms with Crippen LogP contribution in [0.2, 0.25) is 0 Å². The number of nitrogens with one attached hydrogen (secondary N) is 1. The fourth-order valence-corrected chi connectivity index (χ4v) is 3.63. The Kier molecular flexibility index (Phi) is 4.57. The van der Waals surface area contributed by atoms with Gasteiger partial charge in [-0.15, -0.1) is 0 Å². The molecule has 0 saturated carbocycles. The van der Waals surface area contributed by atoms with Gasteiger partial charge in [-0.3, -0.25) is 14.0 Å². The average Bonchev–Trinajstić information content (AvgIpc) is 2.67. The standard InChI is InChI=1S/C22H22N4O2/c1-14(13-25(2)3)23-21(27)18-9-6-12-26-20(18)24-19-16-8-5-4-7-15(16)10-11-17(19)22(26)28/h4-12,14H,13H2,1-3H3,(H,23,27). The van der Waals surface area contributed by atoms with E-state index in [0.717, 1.165) is 17.3 Å². The highest BCUT2D eigenvalue weighted by Crippen LogP contribution is 2.23. The molecule has 0 aliphatic carbocycles. The van der Waals surface area contributed by atoms with E-state index in [9.17, 15) is 9.59 Å². The number of amides is 1. The first-order valence-corrected chi connectivity index (χ1v) is 9.24. The van der Waals surface area contributed by atoms with Gasteiger partial charge in [0, 0.05) is 24.2 Å². The van der Waals surface area contributed by atoms with Gasteiger partial charge in [-0.2, -0.15) is 0 Å². The van der Waals surface area contributed by atoms with Gasteiger partial charge in [0.25, 0.3) is 11.5 Å². The third kappa shape index (κ3) is 3.12. The maximum atomic E-state index is 13.1.